The van der Waals surface area contributed by atoms with Crippen LogP contribution in [0.1, 0.15) is 28.4 Å². The van der Waals surface area contributed by atoms with Crippen LogP contribution in [0.4, 0.5) is 0 Å². The Morgan fingerprint density at radius 2 is 2.12 bits per heavy atom. The fourth-order valence-corrected chi connectivity index (χ4v) is 3.02. The average molecular weight is 348 g/mol. The summed E-state index contributed by atoms with van der Waals surface area (Å²) < 4.78 is 10.8. The highest BCUT2D eigenvalue weighted by atomic mass is 32.1. The van der Waals surface area contributed by atoms with E-state index in [0.29, 0.717) is 12.5 Å². The number of nitrogens with one attached hydrogen (secondary N) is 2. The quantitative estimate of drug-likeness (QED) is 0.621. The third-order valence-corrected chi connectivity index (χ3v) is 4.47. The van der Waals surface area contributed by atoms with Crippen LogP contribution in [0.25, 0.3) is 0 Å². The van der Waals surface area contributed by atoms with Gasteiger partial charge in [-0.2, -0.15) is 0 Å². The van der Waals surface area contributed by atoms with E-state index in [-0.39, 0.29) is 6.04 Å². The van der Waals surface area contributed by atoms with E-state index in [0.717, 1.165) is 22.1 Å². The zero-order chi connectivity index (χ0) is 17.5. The molecule has 0 aliphatic heterocycles. The predicted octanol–water partition coefficient (Wildman–Crippen LogP) is 2.89. The van der Waals surface area contributed by atoms with Crippen molar-refractivity contribution in [2.75, 3.05) is 21.3 Å². The van der Waals surface area contributed by atoms with Crippen molar-refractivity contribution in [1.82, 2.24) is 15.6 Å². The van der Waals surface area contributed by atoms with Crippen molar-refractivity contribution >= 4 is 17.3 Å². The van der Waals surface area contributed by atoms with Crippen LogP contribution < -0.4 is 20.1 Å². The first-order valence-corrected chi connectivity index (χ1v) is 8.49. The van der Waals surface area contributed by atoms with E-state index in [9.17, 15) is 0 Å². The maximum atomic E-state index is 5.45. The summed E-state index contributed by atoms with van der Waals surface area (Å²) >= 11 is 1.67. The first-order valence-electron chi connectivity index (χ1n) is 7.67. The van der Waals surface area contributed by atoms with E-state index >= 15 is 0 Å². The van der Waals surface area contributed by atoms with Crippen LogP contribution in [0.2, 0.25) is 0 Å². The SMILES string of the molecule is CN=C(NCc1ncc(C)s1)NC(C)c1cc(OC)ccc1OC. The van der Waals surface area contributed by atoms with Crippen LogP contribution in [0.15, 0.2) is 29.4 Å². The van der Waals surface area contributed by atoms with Gasteiger partial charge in [0.2, 0.25) is 0 Å². The fourth-order valence-electron chi connectivity index (χ4n) is 2.30. The van der Waals surface area contributed by atoms with Crippen molar-refractivity contribution in [2.24, 2.45) is 4.99 Å². The number of aryl methyl sites for hydroxylation is 1. The number of benzene rings is 1. The van der Waals surface area contributed by atoms with Gasteiger partial charge < -0.3 is 20.1 Å². The van der Waals surface area contributed by atoms with Crippen LogP contribution in [0, 0.1) is 6.92 Å². The molecule has 2 N–H and O–H groups in total. The molecule has 0 radical (unpaired) electrons. The van der Waals surface area contributed by atoms with Crippen LogP contribution in [-0.4, -0.2) is 32.2 Å². The lowest BCUT2D eigenvalue weighted by atomic mass is 10.1. The molecule has 7 heteroatoms. The van der Waals surface area contributed by atoms with Crippen molar-refractivity contribution < 1.29 is 9.47 Å². The van der Waals surface area contributed by atoms with Gasteiger partial charge in [-0.3, -0.25) is 4.99 Å². The number of ether oxygens (including phenoxy) is 2. The van der Waals surface area contributed by atoms with Gasteiger partial charge in [0.15, 0.2) is 5.96 Å². The molecule has 0 saturated heterocycles. The molecule has 1 atom stereocenters. The molecule has 1 aromatic carbocycles. The van der Waals surface area contributed by atoms with Gasteiger partial charge in [0.05, 0.1) is 26.8 Å². The minimum Gasteiger partial charge on any atom is -0.497 e. The van der Waals surface area contributed by atoms with E-state index in [1.807, 2.05) is 31.3 Å². The molecule has 0 aliphatic rings. The Kier molecular flexibility index (Phi) is 6.43. The van der Waals surface area contributed by atoms with Crippen LogP contribution in [0.3, 0.4) is 0 Å². The van der Waals surface area contributed by atoms with E-state index in [2.05, 4.69) is 27.5 Å². The van der Waals surface area contributed by atoms with Crippen LogP contribution >= 0.6 is 11.3 Å². The normalized spacial score (nSPS) is 12.6. The van der Waals surface area contributed by atoms with Crippen molar-refractivity contribution in [3.8, 4) is 11.5 Å². The topological polar surface area (TPSA) is 67.8 Å². The minimum absolute atomic E-state index is 0.000666. The Morgan fingerprint density at radius 1 is 1.33 bits per heavy atom. The molecule has 0 fully saturated rings. The first-order chi connectivity index (χ1) is 11.6. The molecule has 0 aliphatic carbocycles. The molecule has 1 heterocycles. The Labute approximate surface area is 146 Å². The summed E-state index contributed by atoms with van der Waals surface area (Å²) in [7, 11) is 5.06. The van der Waals surface area contributed by atoms with Gasteiger partial charge in [0.1, 0.15) is 16.5 Å². The number of thiazole rings is 1. The van der Waals surface area contributed by atoms with Gasteiger partial charge in [0.25, 0.3) is 0 Å². The number of hydrogen-bond donors (Lipinski definition) is 2. The molecule has 6 nitrogen and oxygen atoms in total. The van der Waals surface area contributed by atoms with Gasteiger partial charge in [0, 0.05) is 23.7 Å². The molecule has 1 unspecified atom stereocenters. The highest BCUT2D eigenvalue weighted by Gasteiger charge is 2.14. The third-order valence-electron chi connectivity index (χ3n) is 3.56. The largest absolute Gasteiger partial charge is 0.497 e. The molecule has 0 bridgehead atoms. The van der Waals surface area contributed by atoms with Gasteiger partial charge in [-0.15, -0.1) is 11.3 Å². The standard InChI is InChI=1S/C17H24N4O2S/c1-11-9-19-16(24-11)10-20-17(18-3)21-12(2)14-8-13(22-4)6-7-15(14)23-5/h6-9,12H,10H2,1-5H3,(H2,18,20,21). The van der Waals surface area contributed by atoms with E-state index < -0.39 is 0 Å². The van der Waals surface area contributed by atoms with Gasteiger partial charge in [-0.05, 0) is 32.0 Å². The average Bonchev–Trinajstić information content (AvgIpc) is 3.03. The minimum atomic E-state index is -0.000666. The summed E-state index contributed by atoms with van der Waals surface area (Å²) in [5, 5.41) is 7.68. The zero-order valence-corrected chi connectivity index (χ0v) is 15.5. The number of aromatic nitrogens is 1. The molecule has 2 rings (SSSR count). The summed E-state index contributed by atoms with van der Waals surface area (Å²) in [6.07, 6.45) is 1.88. The maximum Gasteiger partial charge on any atom is 0.191 e. The molecule has 0 amide bonds. The Hall–Kier alpha value is -2.28. The summed E-state index contributed by atoms with van der Waals surface area (Å²) in [4.78, 5) is 9.82. The second-order valence-electron chi connectivity index (χ2n) is 5.26. The third kappa shape index (κ3) is 4.61. The first kappa shape index (κ1) is 18.1. The summed E-state index contributed by atoms with van der Waals surface area (Å²) in [5.74, 6) is 2.31. The number of methoxy groups -OCH3 is 2. The number of nitrogens with zero attached hydrogens (tertiary/aromatic N) is 2. The van der Waals surface area contributed by atoms with E-state index in [1.165, 1.54) is 4.88 Å². The number of rotatable bonds is 6. The van der Waals surface area contributed by atoms with Crippen molar-refractivity contribution in [3.63, 3.8) is 0 Å². The molecular weight excluding hydrogens is 324 g/mol. The lowest BCUT2D eigenvalue weighted by Crippen LogP contribution is -2.38. The number of aliphatic imine (C=N–C) groups is 1. The highest BCUT2D eigenvalue weighted by Crippen LogP contribution is 2.29. The Bertz CT molecular complexity index is 700. The van der Waals surface area contributed by atoms with Crippen molar-refractivity contribution in [1.29, 1.82) is 0 Å². The summed E-state index contributed by atoms with van der Waals surface area (Å²) in [6.45, 7) is 4.74. The smallest absolute Gasteiger partial charge is 0.191 e. The van der Waals surface area contributed by atoms with E-state index in [4.69, 9.17) is 9.47 Å². The molecule has 1 aromatic heterocycles. The van der Waals surface area contributed by atoms with Gasteiger partial charge in [-0.25, -0.2) is 4.98 Å². The second-order valence-corrected chi connectivity index (χ2v) is 6.58. The molecule has 24 heavy (non-hydrogen) atoms. The predicted molar refractivity (Wildman–Crippen MR) is 98.1 cm³/mol. The van der Waals surface area contributed by atoms with Crippen LogP contribution in [0.5, 0.6) is 11.5 Å². The van der Waals surface area contributed by atoms with Crippen LogP contribution in [-0.2, 0) is 6.54 Å². The Morgan fingerprint density at radius 3 is 2.71 bits per heavy atom. The molecule has 0 spiro atoms. The molecule has 2 aromatic rings. The van der Waals surface area contributed by atoms with Gasteiger partial charge in [-0.1, -0.05) is 0 Å². The second kappa shape index (κ2) is 8.54. The number of hydrogen-bond acceptors (Lipinski definition) is 5. The maximum absolute atomic E-state index is 5.45. The molecule has 0 saturated carbocycles. The highest BCUT2D eigenvalue weighted by molar-refractivity contribution is 7.11. The monoisotopic (exact) mass is 348 g/mol. The molecular formula is C17H24N4O2S. The van der Waals surface area contributed by atoms with E-state index in [1.54, 1.807) is 32.6 Å². The summed E-state index contributed by atoms with van der Waals surface area (Å²) in [5.41, 5.74) is 1.00. The van der Waals surface area contributed by atoms with Gasteiger partial charge >= 0.3 is 0 Å². The summed E-state index contributed by atoms with van der Waals surface area (Å²) in [6, 6.07) is 5.75. The fraction of sp³-hybridized carbons (Fsp3) is 0.412. The lowest BCUT2D eigenvalue weighted by Gasteiger charge is -2.20. The number of guanidine groups is 1. The Balaban J connectivity index is 2.04. The molecule has 130 valence electrons. The zero-order valence-electron chi connectivity index (χ0n) is 14.7. The van der Waals surface area contributed by atoms with Crippen molar-refractivity contribution in [3.05, 3.63) is 39.8 Å². The van der Waals surface area contributed by atoms with Crippen molar-refractivity contribution in [2.45, 2.75) is 26.4 Å². The lowest BCUT2D eigenvalue weighted by molar-refractivity contribution is 0.394.